The van der Waals surface area contributed by atoms with Crippen molar-refractivity contribution in [2.75, 3.05) is 25.0 Å². The van der Waals surface area contributed by atoms with Gasteiger partial charge < -0.3 is 19.2 Å². The Balaban J connectivity index is 1.61. The number of rotatable bonds is 6. The summed E-state index contributed by atoms with van der Waals surface area (Å²) in [4.78, 5) is 13.0. The maximum absolute atomic E-state index is 13.0. The number of para-hydroxylation sites is 1. The van der Waals surface area contributed by atoms with E-state index in [4.69, 9.17) is 13.9 Å². The van der Waals surface area contributed by atoms with Gasteiger partial charge in [-0.15, -0.1) is 0 Å². The minimum atomic E-state index is -0.339. The molecule has 1 aromatic heterocycles. The van der Waals surface area contributed by atoms with E-state index < -0.39 is 0 Å². The molecule has 1 heterocycles. The largest absolute Gasteiger partial charge is 0.497 e. The van der Waals surface area contributed by atoms with E-state index in [0.29, 0.717) is 17.2 Å². The highest BCUT2D eigenvalue weighted by Crippen LogP contribution is 2.33. The predicted molar refractivity (Wildman–Crippen MR) is 120 cm³/mol. The van der Waals surface area contributed by atoms with Crippen molar-refractivity contribution in [3.8, 4) is 11.5 Å². The smallest absolute Gasteiger partial charge is 0.291 e. The molecule has 2 aromatic carbocycles. The van der Waals surface area contributed by atoms with Crippen LogP contribution in [0, 0.1) is 6.92 Å². The van der Waals surface area contributed by atoms with Crippen molar-refractivity contribution in [1.29, 1.82) is 0 Å². The van der Waals surface area contributed by atoms with Crippen LogP contribution in [0.25, 0.3) is 0 Å². The predicted octanol–water partition coefficient (Wildman–Crippen LogP) is 5.01. The number of anilines is 2. The summed E-state index contributed by atoms with van der Waals surface area (Å²) in [5.41, 5.74) is 7.11. The van der Waals surface area contributed by atoms with Crippen LogP contribution < -0.4 is 20.2 Å². The number of hydrogen-bond donors (Lipinski definition) is 2. The molecule has 0 radical (unpaired) electrons. The van der Waals surface area contributed by atoms with Crippen LogP contribution in [0.15, 0.2) is 58.0 Å². The van der Waals surface area contributed by atoms with Gasteiger partial charge >= 0.3 is 0 Å². The Morgan fingerprint density at radius 1 is 1.06 bits per heavy atom. The molecule has 3 aromatic rings. The van der Waals surface area contributed by atoms with E-state index in [0.717, 1.165) is 47.5 Å². The average Bonchev–Trinajstić information content (AvgIpc) is 3.15. The average molecular weight is 419 g/mol. The van der Waals surface area contributed by atoms with Crippen molar-refractivity contribution >= 4 is 23.0 Å². The molecule has 1 amide bonds. The van der Waals surface area contributed by atoms with E-state index in [9.17, 15) is 4.79 Å². The number of carbonyl (C=O) groups is 1. The van der Waals surface area contributed by atoms with Crippen molar-refractivity contribution in [2.24, 2.45) is 5.10 Å². The fourth-order valence-corrected chi connectivity index (χ4v) is 3.73. The van der Waals surface area contributed by atoms with Crippen molar-refractivity contribution in [1.82, 2.24) is 0 Å². The fourth-order valence-electron chi connectivity index (χ4n) is 3.73. The molecule has 31 heavy (non-hydrogen) atoms. The number of nitrogens with one attached hydrogen (secondary N) is 2. The highest BCUT2D eigenvalue weighted by molar-refractivity contribution is 6.09. The third kappa shape index (κ3) is 4.26. The van der Waals surface area contributed by atoms with Gasteiger partial charge in [0.15, 0.2) is 5.76 Å². The molecule has 1 aliphatic carbocycles. The van der Waals surface area contributed by atoms with E-state index in [2.05, 4.69) is 15.8 Å². The van der Waals surface area contributed by atoms with E-state index >= 15 is 0 Å². The maximum atomic E-state index is 13.0. The second kappa shape index (κ2) is 8.95. The van der Waals surface area contributed by atoms with Crippen LogP contribution in [-0.4, -0.2) is 25.8 Å². The number of hydrazone groups is 1. The minimum Gasteiger partial charge on any atom is -0.497 e. The van der Waals surface area contributed by atoms with Gasteiger partial charge in [0.2, 0.25) is 0 Å². The molecule has 0 bridgehead atoms. The Morgan fingerprint density at radius 2 is 1.87 bits per heavy atom. The first-order chi connectivity index (χ1) is 15.1. The number of aryl methyl sites for hydroxylation is 1. The number of nitrogens with zero attached hydrogens (tertiary/aromatic N) is 1. The van der Waals surface area contributed by atoms with Crippen LogP contribution in [0.3, 0.4) is 0 Å². The van der Waals surface area contributed by atoms with Crippen LogP contribution in [0.2, 0.25) is 0 Å². The lowest BCUT2D eigenvalue weighted by Crippen LogP contribution is -2.15. The zero-order valence-corrected chi connectivity index (χ0v) is 17.8. The van der Waals surface area contributed by atoms with Gasteiger partial charge in [-0.2, -0.15) is 5.10 Å². The van der Waals surface area contributed by atoms with Gasteiger partial charge in [0.05, 0.1) is 31.3 Å². The summed E-state index contributed by atoms with van der Waals surface area (Å²) in [5.74, 6) is 1.89. The number of benzene rings is 2. The molecule has 1 aliphatic rings. The molecule has 0 spiro atoms. The minimum absolute atomic E-state index is 0.282. The molecule has 0 fully saturated rings. The summed E-state index contributed by atoms with van der Waals surface area (Å²) < 4.78 is 16.6. The van der Waals surface area contributed by atoms with Crippen LogP contribution in [0.4, 0.5) is 11.4 Å². The summed E-state index contributed by atoms with van der Waals surface area (Å²) >= 11 is 0. The first-order valence-electron chi connectivity index (χ1n) is 10.1. The molecule has 4 rings (SSSR count). The van der Waals surface area contributed by atoms with Crippen LogP contribution >= 0.6 is 0 Å². The molecule has 0 saturated carbocycles. The molecule has 160 valence electrons. The number of furan rings is 1. The Morgan fingerprint density at radius 3 is 2.61 bits per heavy atom. The van der Waals surface area contributed by atoms with Gasteiger partial charge in [-0.05, 0) is 44.0 Å². The molecular formula is C24H25N3O4. The Hall–Kier alpha value is -3.74. The Bertz CT molecular complexity index is 1120. The topological polar surface area (TPSA) is 85.1 Å². The highest BCUT2D eigenvalue weighted by Gasteiger charge is 2.28. The summed E-state index contributed by atoms with van der Waals surface area (Å²) in [5, 5.41) is 7.48. The highest BCUT2D eigenvalue weighted by atomic mass is 16.5. The molecule has 0 aliphatic heterocycles. The monoisotopic (exact) mass is 419 g/mol. The van der Waals surface area contributed by atoms with Gasteiger partial charge in [-0.25, -0.2) is 0 Å². The first kappa shape index (κ1) is 20.5. The quantitative estimate of drug-likeness (QED) is 0.549. The van der Waals surface area contributed by atoms with E-state index in [1.165, 1.54) is 0 Å². The maximum Gasteiger partial charge on any atom is 0.291 e. The summed E-state index contributed by atoms with van der Waals surface area (Å²) in [7, 11) is 3.12. The molecule has 0 atom stereocenters. The summed E-state index contributed by atoms with van der Waals surface area (Å²) in [6, 6.07) is 15.0. The Kier molecular flexibility index (Phi) is 5.93. The number of fused-ring (bicyclic) bond motifs is 1. The van der Waals surface area contributed by atoms with Crippen molar-refractivity contribution in [2.45, 2.75) is 26.2 Å². The van der Waals surface area contributed by atoms with Gasteiger partial charge in [0.25, 0.3) is 5.91 Å². The second-order valence-corrected chi connectivity index (χ2v) is 7.26. The molecule has 0 saturated heterocycles. The normalized spacial score (nSPS) is 14.1. The fraction of sp³-hybridized carbons (Fsp3) is 0.250. The number of carbonyl (C=O) groups excluding carboxylic acids is 1. The lowest BCUT2D eigenvalue weighted by atomic mass is 9.93. The van der Waals surface area contributed by atoms with Crippen molar-refractivity contribution in [3.05, 3.63) is 71.2 Å². The van der Waals surface area contributed by atoms with Gasteiger partial charge in [-0.1, -0.05) is 18.2 Å². The van der Waals surface area contributed by atoms with Crippen LogP contribution in [-0.2, 0) is 6.42 Å². The standard InChI is InChI=1S/C24H25N3O4/c1-15-22-18(27-26-16-8-5-4-6-9-16)10-7-11-21(22)31-23(15)24(28)25-19-14-17(29-2)12-13-20(19)30-3/h4-6,8-9,12-14,26H,7,10-11H2,1-3H3,(H,25,28)/b27-18+. The summed E-state index contributed by atoms with van der Waals surface area (Å²) in [6.45, 7) is 1.89. The number of amides is 1. The number of hydrogen-bond acceptors (Lipinski definition) is 6. The van der Waals surface area contributed by atoms with E-state index in [1.807, 2.05) is 37.3 Å². The van der Waals surface area contributed by atoms with Crippen molar-refractivity contribution in [3.63, 3.8) is 0 Å². The number of ether oxygens (including phenoxy) is 2. The van der Waals surface area contributed by atoms with Gasteiger partial charge in [-0.3, -0.25) is 10.2 Å². The second-order valence-electron chi connectivity index (χ2n) is 7.26. The first-order valence-corrected chi connectivity index (χ1v) is 10.1. The SMILES string of the molecule is COc1ccc(OC)c(NC(=O)c2oc3c(c2C)/C(=N/Nc2ccccc2)CCC3)c1. The van der Waals surface area contributed by atoms with Crippen molar-refractivity contribution < 1.29 is 18.7 Å². The van der Waals surface area contributed by atoms with Crippen LogP contribution in [0.1, 0.15) is 40.3 Å². The number of methoxy groups -OCH3 is 2. The molecule has 0 unspecified atom stereocenters. The zero-order valence-electron chi connectivity index (χ0n) is 17.8. The van der Waals surface area contributed by atoms with E-state index in [-0.39, 0.29) is 11.7 Å². The Labute approximate surface area is 181 Å². The van der Waals surface area contributed by atoms with Gasteiger partial charge in [0.1, 0.15) is 17.3 Å². The molecule has 7 nitrogen and oxygen atoms in total. The molecule has 7 heteroatoms. The molecular weight excluding hydrogens is 394 g/mol. The zero-order chi connectivity index (χ0) is 21.8. The van der Waals surface area contributed by atoms with Crippen LogP contribution in [0.5, 0.6) is 11.5 Å². The molecule has 2 N–H and O–H groups in total. The van der Waals surface area contributed by atoms with Gasteiger partial charge in [0, 0.05) is 23.6 Å². The summed E-state index contributed by atoms with van der Waals surface area (Å²) in [6.07, 6.45) is 2.51. The third-order valence-electron chi connectivity index (χ3n) is 5.28. The lowest BCUT2D eigenvalue weighted by molar-refractivity contribution is 0.0993. The van der Waals surface area contributed by atoms with E-state index in [1.54, 1.807) is 32.4 Å². The third-order valence-corrected chi connectivity index (χ3v) is 5.28. The lowest BCUT2D eigenvalue weighted by Gasteiger charge is -2.13.